The number of hydrogen-bond acceptors (Lipinski definition) is 5. The van der Waals surface area contributed by atoms with Gasteiger partial charge >= 0.3 is 0 Å². The second-order valence-corrected chi connectivity index (χ2v) is 5.02. The lowest BCUT2D eigenvalue weighted by Gasteiger charge is -2.11. The molecule has 20 heavy (non-hydrogen) atoms. The van der Waals surface area contributed by atoms with Crippen LogP contribution in [0.2, 0.25) is 0 Å². The maximum absolute atomic E-state index is 5.43. The molecule has 0 aliphatic carbocycles. The molecule has 0 saturated heterocycles. The van der Waals surface area contributed by atoms with Gasteiger partial charge < -0.3 is 14.0 Å². The smallest absolute Gasteiger partial charge is 0.283 e. The van der Waals surface area contributed by atoms with Crippen LogP contribution in [0.4, 0.5) is 0 Å². The summed E-state index contributed by atoms with van der Waals surface area (Å²) in [5.41, 5.74) is 2.03. The Morgan fingerprint density at radius 2 is 1.95 bits per heavy atom. The predicted molar refractivity (Wildman–Crippen MR) is 78.2 cm³/mol. The Hall–Kier alpha value is -1.24. The van der Waals surface area contributed by atoms with E-state index in [1.165, 1.54) is 0 Å². The summed E-state index contributed by atoms with van der Waals surface area (Å²) in [6.45, 7) is 6.83. The molecule has 6 heteroatoms. The molecular weight excluding hydrogens is 324 g/mol. The zero-order valence-corrected chi connectivity index (χ0v) is 13.3. The number of halogens is 1. The van der Waals surface area contributed by atoms with Crippen LogP contribution < -0.4 is 0 Å². The van der Waals surface area contributed by atoms with Crippen LogP contribution in [0.25, 0.3) is 11.4 Å². The van der Waals surface area contributed by atoms with Crippen LogP contribution in [-0.2, 0) is 9.47 Å². The van der Waals surface area contributed by atoms with Crippen molar-refractivity contribution >= 4 is 15.9 Å². The minimum atomic E-state index is -0.611. The van der Waals surface area contributed by atoms with Crippen molar-refractivity contribution in [2.75, 3.05) is 13.2 Å². The number of rotatable bonds is 6. The first-order valence-electron chi connectivity index (χ1n) is 6.49. The van der Waals surface area contributed by atoms with Crippen molar-refractivity contribution in [3.63, 3.8) is 0 Å². The Bertz CT molecular complexity index is 565. The summed E-state index contributed by atoms with van der Waals surface area (Å²) in [5.74, 6) is 0.852. The van der Waals surface area contributed by atoms with Gasteiger partial charge in [0.05, 0.1) is 0 Å². The van der Waals surface area contributed by atoms with Crippen molar-refractivity contribution in [2.45, 2.75) is 27.1 Å². The van der Waals surface area contributed by atoms with Gasteiger partial charge in [-0.15, -0.1) is 0 Å². The molecule has 0 N–H and O–H groups in total. The van der Waals surface area contributed by atoms with Crippen LogP contribution in [-0.4, -0.2) is 23.4 Å². The number of ether oxygens (including phenoxy) is 2. The molecule has 0 saturated carbocycles. The molecule has 2 rings (SSSR count). The highest BCUT2D eigenvalue weighted by atomic mass is 79.9. The molecule has 1 aromatic heterocycles. The van der Waals surface area contributed by atoms with Crippen molar-refractivity contribution in [3.8, 4) is 11.4 Å². The minimum absolute atomic E-state index is 0.334. The van der Waals surface area contributed by atoms with Crippen LogP contribution in [0.3, 0.4) is 0 Å². The van der Waals surface area contributed by atoms with Gasteiger partial charge in [-0.1, -0.05) is 33.2 Å². The molecule has 0 aliphatic rings. The third kappa shape index (κ3) is 3.45. The second kappa shape index (κ2) is 6.97. The van der Waals surface area contributed by atoms with E-state index >= 15 is 0 Å². The van der Waals surface area contributed by atoms with E-state index in [9.17, 15) is 0 Å². The highest BCUT2D eigenvalue weighted by Crippen LogP contribution is 2.25. The van der Waals surface area contributed by atoms with E-state index in [0.29, 0.717) is 24.9 Å². The van der Waals surface area contributed by atoms with Crippen molar-refractivity contribution in [1.29, 1.82) is 0 Å². The molecule has 0 amide bonds. The summed E-state index contributed by atoms with van der Waals surface area (Å²) >= 11 is 3.49. The van der Waals surface area contributed by atoms with Gasteiger partial charge in [-0.2, -0.15) is 4.98 Å². The fraction of sp³-hybridized carbons (Fsp3) is 0.429. The first kappa shape index (κ1) is 15.2. The number of nitrogens with zero attached hydrogens (tertiary/aromatic N) is 2. The first-order valence-corrected chi connectivity index (χ1v) is 7.28. The monoisotopic (exact) mass is 340 g/mol. The molecule has 0 unspecified atom stereocenters. The van der Waals surface area contributed by atoms with Gasteiger partial charge in [0.2, 0.25) is 12.1 Å². The van der Waals surface area contributed by atoms with Gasteiger partial charge in [-0.05, 0) is 32.4 Å². The molecule has 2 aromatic rings. The Labute approximate surface area is 126 Å². The molecule has 0 radical (unpaired) electrons. The van der Waals surface area contributed by atoms with Gasteiger partial charge in [0, 0.05) is 23.2 Å². The number of hydrogen-bond donors (Lipinski definition) is 0. The minimum Gasteiger partial charge on any atom is -0.345 e. The van der Waals surface area contributed by atoms with Crippen LogP contribution in [0, 0.1) is 6.92 Å². The van der Waals surface area contributed by atoms with Crippen molar-refractivity contribution in [1.82, 2.24) is 10.1 Å². The summed E-state index contributed by atoms with van der Waals surface area (Å²) < 4.78 is 17.1. The Balaban J connectivity index is 2.24. The van der Waals surface area contributed by atoms with E-state index in [2.05, 4.69) is 26.1 Å². The quantitative estimate of drug-likeness (QED) is 0.747. The van der Waals surface area contributed by atoms with E-state index in [0.717, 1.165) is 15.6 Å². The summed E-state index contributed by atoms with van der Waals surface area (Å²) in [4.78, 5) is 4.34. The average Bonchev–Trinajstić information content (AvgIpc) is 2.91. The second-order valence-electron chi connectivity index (χ2n) is 4.16. The Morgan fingerprint density at radius 3 is 2.55 bits per heavy atom. The lowest BCUT2D eigenvalue weighted by molar-refractivity contribution is -0.155. The summed E-state index contributed by atoms with van der Waals surface area (Å²) in [6.07, 6.45) is -0.611. The van der Waals surface area contributed by atoms with Crippen molar-refractivity contribution < 1.29 is 14.0 Å². The summed E-state index contributed by atoms with van der Waals surface area (Å²) in [6, 6.07) is 5.91. The van der Waals surface area contributed by atoms with Gasteiger partial charge in [0.25, 0.3) is 5.89 Å². The maximum atomic E-state index is 5.43. The van der Waals surface area contributed by atoms with Gasteiger partial charge in [-0.3, -0.25) is 0 Å². The Morgan fingerprint density at radius 1 is 1.25 bits per heavy atom. The SMILES string of the molecule is CCOC(OCC)c1nc(-c2ccc(C)c(Br)c2)no1. The first-order chi connectivity index (χ1) is 9.65. The third-order valence-electron chi connectivity index (χ3n) is 2.71. The predicted octanol–water partition coefficient (Wildman–Crippen LogP) is 3.88. The number of benzene rings is 1. The molecule has 0 bridgehead atoms. The fourth-order valence-corrected chi connectivity index (χ4v) is 2.05. The molecular formula is C14H17BrN2O3. The topological polar surface area (TPSA) is 57.4 Å². The molecule has 1 aromatic carbocycles. The lowest BCUT2D eigenvalue weighted by atomic mass is 10.1. The fourth-order valence-electron chi connectivity index (χ4n) is 1.67. The number of aromatic nitrogens is 2. The van der Waals surface area contributed by atoms with E-state index in [1.807, 2.05) is 39.0 Å². The highest BCUT2D eigenvalue weighted by Gasteiger charge is 2.20. The third-order valence-corrected chi connectivity index (χ3v) is 3.56. The van der Waals surface area contributed by atoms with E-state index in [1.54, 1.807) is 0 Å². The molecule has 1 heterocycles. The van der Waals surface area contributed by atoms with Crippen LogP contribution in [0.1, 0.15) is 31.6 Å². The van der Waals surface area contributed by atoms with E-state index < -0.39 is 6.29 Å². The molecule has 0 atom stereocenters. The zero-order valence-electron chi connectivity index (χ0n) is 11.7. The van der Waals surface area contributed by atoms with Crippen LogP contribution >= 0.6 is 15.9 Å². The van der Waals surface area contributed by atoms with Gasteiger partial charge in [-0.25, -0.2) is 0 Å². The molecule has 0 spiro atoms. The zero-order chi connectivity index (χ0) is 14.5. The average molecular weight is 341 g/mol. The number of aryl methyl sites for hydroxylation is 1. The highest BCUT2D eigenvalue weighted by molar-refractivity contribution is 9.10. The summed E-state index contributed by atoms with van der Waals surface area (Å²) in [7, 11) is 0. The van der Waals surface area contributed by atoms with Crippen LogP contribution in [0.5, 0.6) is 0 Å². The van der Waals surface area contributed by atoms with Crippen molar-refractivity contribution in [3.05, 3.63) is 34.1 Å². The van der Waals surface area contributed by atoms with Crippen molar-refractivity contribution in [2.24, 2.45) is 0 Å². The van der Waals surface area contributed by atoms with E-state index in [-0.39, 0.29) is 0 Å². The molecule has 0 fully saturated rings. The lowest BCUT2D eigenvalue weighted by Crippen LogP contribution is -2.09. The van der Waals surface area contributed by atoms with Gasteiger partial charge in [0.1, 0.15) is 0 Å². The molecule has 108 valence electrons. The van der Waals surface area contributed by atoms with E-state index in [4.69, 9.17) is 14.0 Å². The normalized spacial score (nSPS) is 11.2. The van der Waals surface area contributed by atoms with Gasteiger partial charge in [0.15, 0.2) is 0 Å². The largest absolute Gasteiger partial charge is 0.345 e. The molecule has 5 nitrogen and oxygen atoms in total. The standard InChI is InChI=1S/C14H17BrN2O3/c1-4-18-14(19-5-2)13-16-12(17-20-13)10-7-6-9(3)11(15)8-10/h6-8,14H,4-5H2,1-3H3. The molecule has 0 aliphatic heterocycles. The van der Waals surface area contributed by atoms with Crippen LogP contribution in [0.15, 0.2) is 27.2 Å². The summed E-state index contributed by atoms with van der Waals surface area (Å²) in [5, 5.41) is 3.98. The maximum Gasteiger partial charge on any atom is 0.283 e. The Kier molecular flexibility index (Phi) is 5.28.